The van der Waals surface area contributed by atoms with Crippen molar-refractivity contribution in [3.63, 3.8) is 0 Å². The maximum absolute atomic E-state index is 13.3. The molecule has 2 nitrogen and oxygen atoms in total. The summed E-state index contributed by atoms with van der Waals surface area (Å²) >= 11 is 0. The minimum atomic E-state index is -4.34. The van der Waals surface area contributed by atoms with Gasteiger partial charge >= 0.3 is 6.18 Å². The molecule has 2 rings (SSSR count). The van der Waals surface area contributed by atoms with Gasteiger partial charge in [0.2, 0.25) is 0 Å². The van der Waals surface area contributed by atoms with Crippen LogP contribution in [0.5, 0.6) is 0 Å². The smallest absolute Gasteiger partial charge is 0.371 e. The van der Waals surface area contributed by atoms with E-state index in [0.29, 0.717) is 23.7 Å². The topological polar surface area (TPSA) is 29.3 Å². The number of nitrogens with zero attached hydrogens (tertiary/aromatic N) is 1. The van der Waals surface area contributed by atoms with Gasteiger partial charge in [0, 0.05) is 25.3 Å². The Morgan fingerprint density at radius 2 is 2.00 bits per heavy atom. The zero-order valence-corrected chi connectivity index (χ0v) is 11.7. The van der Waals surface area contributed by atoms with Crippen LogP contribution in [0.4, 0.5) is 18.9 Å². The monoisotopic (exact) mass is 286 g/mol. The molecular weight excluding hydrogens is 265 g/mol. The fourth-order valence-electron chi connectivity index (χ4n) is 2.41. The summed E-state index contributed by atoms with van der Waals surface area (Å²) in [5.41, 5.74) is 5.71. The van der Waals surface area contributed by atoms with Crippen LogP contribution in [0.2, 0.25) is 0 Å². The first-order valence-electron chi connectivity index (χ1n) is 7.10. The van der Waals surface area contributed by atoms with E-state index in [1.807, 2.05) is 11.8 Å². The summed E-state index contributed by atoms with van der Waals surface area (Å²) in [5.74, 6) is 0.553. The predicted molar refractivity (Wildman–Crippen MR) is 74.6 cm³/mol. The van der Waals surface area contributed by atoms with Gasteiger partial charge < -0.3 is 10.6 Å². The van der Waals surface area contributed by atoms with Crippen molar-refractivity contribution in [1.29, 1.82) is 0 Å². The van der Waals surface area contributed by atoms with Crippen LogP contribution in [0.15, 0.2) is 18.2 Å². The molecule has 0 aliphatic heterocycles. The van der Waals surface area contributed by atoms with Crippen molar-refractivity contribution in [3.05, 3.63) is 29.3 Å². The molecule has 0 heterocycles. The SMILES string of the molecule is CCCN(CC1CC1)c1ccc(CN)cc1C(F)(F)F. The van der Waals surface area contributed by atoms with Crippen LogP contribution in [0, 0.1) is 5.92 Å². The molecule has 1 fully saturated rings. The summed E-state index contributed by atoms with van der Waals surface area (Å²) in [6, 6.07) is 4.45. The highest BCUT2D eigenvalue weighted by molar-refractivity contribution is 5.56. The van der Waals surface area contributed by atoms with Crippen molar-refractivity contribution in [1.82, 2.24) is 0 Å². The zero-order valence-electron chi connectivity index (χ0n) is 11.7. The lowest BCUT2D eigenvalue weighted by Gasteiger charge is -2.28. The van der Waals surface area contributed by atoms with Crippen molar-refractivity contribution < 1.29 is 13.2 Å². The van der Waals surface area contributed by atoms with Crippen molar-refractivity contribution in [2.45, 2.75) is 38.9 Å². The Hall–Kier alpha value is -1.23. The number of anilines is 1. The Bertz CT molecular complexity index is 453. The maximum Gasteiger partial charge on any atom is 0.418 e. The number of alkyl halides is 3. The highest BCUT2D eigenvalue weighted by Crippen LogP contribution is 2.39. The van der Waals surface area contributed by atoms with Crippen molar-refractivity contribution >= 4 is 5.69 Å². The summed E-state index contributed by atoms with van der Waals surface area (Å²) in [4.78, 5) is 1.88. The molecule has 0 spiro atoms. The van der Waals surface area contributed by atoms with Gasteiger partial charge in [0.15, 0.2) is 0 Å². The molecule has 1 aromatic rings. The maximum atomic E-state index is 13.3. The first kappa shape index (κ1) is 15.2. The van der Waals surface area contributed by atoms with Crippen molar-refractivity contribution in [2.75, 3.05) is 18.0 Å². The summed E-state index contributed by atoms with van der Waals surface area (Å²) < 4.78 is 39.8. The van der Waals surface area contributed by atoms with Crippen LogP contribution in [-0.4, -0.2) is 13.1 Å². The molecule has 0 atom stereocenters. The molecule has 0 unspecified atom stereocenters. The average Bonchev–Trinajstić information content (AvgIpc) is 3.20. The number of nitrogens with two attached hydrogens (primary N) is 1. The van der Waals surface area contributed by atoms with Gasteiger partial charge in [-0.2, -0.15) is 13.2 Å². The van der Waals surface area contributed by atoms with Crippen LogP contribution in [0.1, 0.15) is 37.3 Å². The van der Waals surface area contributed by atoms with Gasteiger partial charge in [-0.05, 0) is 42.9 Å². The highest BCUT2D eigenvalue weighted by Gasteiger charge is 2.36. The quantitative estimate of drug-likeness (QED) is 0.862. The van der Waals surface area contributed by atoms with Gasteiger partial charge in [-0.25, -0.2) is 0 Å². The molecule has 1 aromatic carbocycles. The zero-order chi connectivity index (χ0) is 14.8. The second-order valence-corrected chi connectivity index (χ2v) is 5.44. The molecule has 0 aromatic heterocycles. The molecule has 5 heteroatoms. The molecule has 20 heavy (non-hydrogen) atoms. The van der Waals surface area contributed by atoms with Gasteiger partial charge in [-0.1, -0.05) is 13.0 Å². The van der Waals surface area contributed by atoms with E-state index in [0.717, 1.165) is 25.8 Å². The Morgan fingerprint density at radius 3 is 2.50 bits per heavy atom. The highest BCUT2D eigenvalue weighted by atomic mass is 19.4. The van der Waals surface area contributed by atoms with E-state index in [1.165, 1.54) is 6.07 Å². The third-order valence-corrected chi connectivity index (χ3v) is 3.61. The van der Waals surface area contributed by atoms with Gasteiger partial charge in [0.05, 0.1) is 5.56 Å². The molecule has 0 saturated heterocycles. The summed E-state index contributed by atoms with van der Waals surface area (Å²) in [6.45, 7) is 3.49. The van der Waals surface area contributed by atoms with Crippen molar-refractivity contribution in [2.24, 2.45) is 11.7 Å². The normalized spacial score (nSPS) is 15.4. The van der Waals surface area contributed by atoms with Crippen LogP contribution in [0.25, 0.3) is 0 Å². The molecule has 1 saturated carbocycles. The number of rotatable bonds is 6. The van der Waals surface area contributed by atoms with Crippen LogP contribution < -0.4 is 10.6 Å². The Kier molecular flexibility index (Phi) is 4.58. The number of benzene rings is 1. The minimum Gasteiger partial charge on any atom is -0.371 e. The number of hydrogen-bond acceptors (Lipinski definition) is 2. The molecule has 2 N–H and O–H groups in total. The van der Waals surface area contributed by atoms with Crippen molar-refractivity contribution in [3.8, 4) is 0 Å². The van der Waals surface area contributed by atoms with Gasteiger partial charge in [-0.15, -0.1) is 0 Å². The standard InChI is InChI=1S/C15H21F3N2/c1-2-7-20(10-11-3-4-11)14-6-5-12(9-19)8-13(14)15(16,17)18/h5-6,8,11H,2-4,7,9-10,19H2,1H3. The fourth-order valence-corrected chi connectivity index (χ4v) is 2.41. The molecule has 1 aliphatic rings. The molecule has 0 radical (unpaired) electrons. The third-order valence-electron chi connectivity index (χ3n) is 3.61. The van der Waals surface area contributed by atoms with E-state index in [4.69, 9.17) is 5.73 Å². The first-order chi connectivity index (χ1) is 9.45. The lowest BCUT2D eigenvalue weighted by atomic mass is 10.1. The average molecular weight is 286 g/mol. The van der Waals surface area contributed by atoms with E-state index in [2.05, 4.69) is 0 Å². The van der Waals surface area contributed by atoms with E-state index < -0.39 is 11.7 Å². The number of halogens is 3. The van der Waals surface area contributed by atoms with Crippen LogP contribution in [0.3, 0.4) is 0 Å². The fraction of sp³-hybridized carbons (Fsp3) is 0.600. The Labute approximate surface area is 117 Å². The molecular formula is C15H21F3N2. The number of hydrogen-bond donors (Lipinski definition) is 1. The van der Waals surface area contributed by atoms with Gasteiger partial charge in [0.1, 0.15) is 0 Å². The molecule has 0 bridgehead atoms. The van der Waals surface area contributed by atoms with E-state index >= 15 is 0 Å². The lowest BCUT2D eigenvalue weighted by molar-refractivity contribution is -0.137. The lowest BCUT2D eigenvalue weighted by Crippen LogP contribution is -2.29. The predicted octanol–water partition coefficient (Wildman–Crippen LogP) is 3.79. The van der Waals surface area contributed by atoms with Gasteiger partial charge in [0.25, 0.3) is 0 Å². The minimum absolute atomic E-state index is 0.125. The second kappa shape index (κ2) is 6.04. The molecule has 112 valence electrons. The second-order valence-electron chi connectivity index (χ2n) is 5.44. The Morgan fingerprint density at radius 1 is 1.30 bits per heavy atom. The molecule has 0 amide bonds. The first-order valence-corrected chi connectivity index (χ1v) is 7.10. The third kappa shape index (κ3) is 3.66. The van der Waals surface area contributed by atoms with Crippen LogP contribution >= 0.6 is 0 Å². The van der Waals surface area contributed by atoms with E-state index in [1.54, 1.807) is 12.1 Å². The van der Waals surface area contributed by atoms with Crippen LogP contribution in [-0.2, 0) is 12.7 Å². The van der Waals surface area contributed by atoms with Gasteiger partial charge in [-0.3, -0.25) is 0 Å². The van der Waals surface area contributed by atoms with E-state index in [9.17, 15) is 13.2 Å². The largest absolute Gasteiger partial charge is 0.418 e. The van der Waals surface area contributed by atoms with E-state index in [-0.39, 0.29) is 6.54 Å². The summed E-state index contributed by atoms with van der Waals surface area (Å²) in [7, 11) is 0. The molecule has 1 aliphatic carbocycles. The summed E-state index contributed by atoms with van der Waals surface area (Å²) in [6.07, 6.45) is -1.25. The Balaban J connectivity index is 2.35. The summed E-state index contributed by atoms with van der Waals surface area (Å²) in [5, 5.41) is 0.